The van der Waals surface area contributed by atoms with Gasteiger partial charge >= 0.3 is 0 Å². The van der Waals surface area contributed by atoms with Crippen molar-refractivity contribution in [3.8, 4) is 0 Å². The minimum absolute atomic E-state index is 0.0303. The van der Waals surface area contributed by atoms with E-state index in [0.717, 1.165) is 17.1 Å². The Balaban J connectivity index is 2.19. The van der Waals surface area contributed by atoms with E-state index < -0.39 is 0 Å². The maximum Gasteiger partial charge on any atom is 0.129 e. The molecule has 4 heteroatoms. The number of rotatable bonds is 5. The van der Waals surface area contributed by atoms with E-state index in [2.05, 4.69) is 9.88 Å². The van der Waals surface area contributed by atoms with Gasteiger partial charge in [0, 0.05) is 18.3 Å². The largest absolute Gasteiger partial charge is 0.395 e. The van der Waals surface area contributed by atoms with Crippen molar-refractivity contribution in [2.75, 3.05) is 18.1 Å². The third-order valence-electron chi connectivity index (χ3n) is 4.00. The average molecular weight is 264 g/mol. The molecule has 0 saturated heterocycles. The van der Waals surface area contributed by atoms with Crippen LogP contribution < -0.4 is 4.90 Å². The zero-order chi connectivity index (χ0) is 13.7. The van der Waals surface area contributed by atoms with Gasteiger partial charge in [-0.3, -0.25) is 0 Å². The molecule has 2 N–H and O–H groups in total. The SMILES string of the molecule is Cc1nc(N(CCO)C2CCCCC2)ccc1CO. The second kappa shape index (κ2) is 6.87. The lowest BCUT2D eigenvalue weighted by Gasteiger charge is -2.35. The predicted molar refractivity (Wildman–Crippen MR) is 76.2 cm³/mol. The van der Waals surface area contributed by atoms with Crippen molar-refractivity contribution in [3.63, 3.8) is 0 Å². The Hall–Kier alpha value is -1.13. The molecule has 1 heterocycles. The van der Waals surface area contributed by atoms with Gasteiger partial charge in [-0.15, -0.1) is 0 Å². The Morgan fingerprint density at radius 2 is 1.95 bits per heavy atom. The lowest BCUT2D eigenvalue weighted by atomic mass is 9.94. The van der Waals surface area contributed by atoms with Crippen LogP contribution in [-0.2, 0) is 6.61 Å². The number of aliphatic hydroxyl groups is 2. The summed E-state index contributed by atoms with van der Waals surface area (Å²) < 4.78 is 0. The molecular formula is C15H24N2O2. The third-order valence-corrected chi connectivity index (χ3v) is 4.00. The summed E-state index contributed by atoms with van der Waals surface area (Å²) in [6.07, 6.45) is 6.21. The summed E-state index contributed by atoms with van der Waals surface area (Å²) in [4.78, 5) is 6.82. The van der Waals surface area contributed by atoms with E-state index in [0.29, 0.717) is 12.6 Å². The maximum absolute atomic E-state index is 9.29. The molecule has 0 radical (unpaired) electrons. The molecule has 1 aliphatic carbocycles. The van der Waals surface area contributed by atoms with Gasteiger partial charge in [0.25, 0.3) is 0 Å². The molecule has 19 heavy (non-hydrogen) atoms. The Kier molecular flexibility index (Phi) is 5.16. The quantitative estimate of drug-likeness (QED) is 0.854. The van der Waals surface area contributed by atoms with Crippen LogP contribution >= 0.6 is 0 Å². The second-order valence-corrected chi connectivity index (χ2v) is 5.28. The van der Waals surface area contributed by atoms with E-state index in [-0.39, 0.29) is 13.2 Å². The molecule has 106 valence electrons. The number of anilines is 1. The number of aryl methyl sites for hydroxylation is 1. The van der Waals surface area contributed by atoms with Gasteiger partial charge in [0.1, 0.15) is 5.82 Å². The normalized spacial score (nSPS) is 16.6. The van der Waals surface area contributed by atoms with Crippen LogP contribution in [0.15, 0.2) is 12.1 Å². The summed E-state index contributed by atoms with van der Waals surface area (Å²) in [5, 5.41) is 18.5. The van der Waals surface area contributed by atoms with Gasteiger partial charge in [-0.2, -0.15) is 0 Å². The smallest absolute Gasteiger partial charge is 0.129 e. The highest BCUT2D eigenvalue weighted by Gasteiger charge is 2.22. The first kappa shape index (κ1) is 14.3. The van der Waals surface area contributed by atoms with Crippen molar-refractivity contribution in [2.45, 2.75) is 51.7 Å². The highest BCUT2D eigenvalue weighted by atomic mass is 16.3. The van der Waals surface area contributed by atoms with Crippen LogP contribution in [0.3, 0.4) is 0 Å². The van der Waals surface area contributed by atoms with E-state index in [4.69, 9.17) is 0 Å². The van der Waals surface area contributed by atoms with Crippen LogP contribution in [0, 0.1) is 6.92 Å². The van der Waals surface area contributed by atoms with E-state index in [1.54, 1.807) is 0 Å². The third kappa shape index (κ3) is 3.45. The number of hydrogen-bond acceptors (Lipinski definition) is 4. The van der Waals surface area contributed by atoms with E-state index >= 15 is 0 Å². The molecule has 0 atom stereocenters. The minimum atomic E-state index is 0.0303. The van der Waals surface area contributed by atoms with Gasteiger partial charge in [0.2, 0.25) is 0 Å². The Bertz CT molecular complexity index is 403. The zero-order valence-corrected chi connectivity index (χ0v) is 11.7. The number of pyridine rings is 1. The molecule has 1 aliphatic rings. The Morgan fingerprint density at radius 1 is 1.21 bits per heavy atom. The highest BCUT2D eigenvalue weighted by molar-refractivity contribution is 5.42. The van der Waals surface area contributed by atoms with E-state index in [9.17, 15) is 10.2 Å². The first-order chi connectivity index (χ1) is 9.26. The molecule has 0 unspecified atom stereocenters. The fourth-order valence-electron chi connectivity index (χ4n) is 2.89. The van der Waals surface area contributed by atoms with Crippen molar-refractivity contribution in [1.29, 1.82) is 0 Å². The molecule has 1 saturated carbocycles. The summed E-state index contributed by atoms with van der Waals surface area (Å²) in [5.74, 6) is 0.927. The summed E-state index contributed by atoms with van der Waals surface area (Å²) in [5.41, 5.74) is 1.75. The summed E-state index contributed by atoms with van der Waals surface area (Å²) >= 11 is 0. The maximum atomic E-state index is 9.29. The molecule has 1 fully saturated rings. The molecule has 0 aromatic carbocycles. The van der Waals surface area contributed by atoms with Crippen LogP contribution in [0.2, 0.25) is 0 Å². The minimum Gasteiger partial charge on any atom is -0.395 e. The number of hydrogen-bond donors (Lipinski definition) is 2. The lowest BCUT2D eigenvalue weighted by molar-refractivity contribution is 0.280. The molecule has 4 nitrogen and oxygen atoms in total. The van der Waals surface area contributed by atoms with Gasteiger partial charge < -0.3 is 15.1 Å². The monoisotopic (exact) mass is 264 g/mol. The van der Waals surface area contributed by atoms with Gasteiger partial charge in [-0.1, -0.05) is 25.3 Å². The van der Waals surface area contributed by atoms with E-state index in [1.807, 2.05) is 19.1 Å². The molecule has 0 bridgehead atoms. The highest BCUT2D eigenvalue weighted by Crippen LogP contribution is 2.26. The van der Waals surface area contributed by atoms with Gasteiger partial charge in [0.15, 0.2) is 0 Å². The Labute approximate surface area is 115 Å². The molecular weight excluding hydrogens is 240 g/mol. The summed E-state index contributed by atoms with van der Waals surface area (Å²) in [6.45, 7) is 2.74. The number of aromatic nitrogens is 1. The van der Waals surface area contributed by atoms with Crippen molar-refractivity contribution in [3.05, 3.63) is 23.4 Å². The first-order valence-electron chi connectivity index (χ1n) is 7.21. The summed E-state index contributed by atoms with van der Waals surface area (Å²) in [7, 11) is 0. The lowest BCUT2D eigenvalue weighted by Crippen LogP contribution is -2.39. The van der Waals surface area contributed by atoms with Crippen LogP contribution in [0.25, 0.3) is 0 Å². The molecule has 1 aromatic heterocycles. The van der Waals surface area contributed by atoms with Crippen molar-refractivity contribution >= 4 is 5.82 Å². The zero-order valence-electron chi connectivity index (χ0n) is 11.7. The van der Waals surface area contributed by atoms with Crippen LogP contribution in [0.5, 0.6) is 0 Å². The Morgan fingerprint density at radius 3 is 2.53 bits per heavy atom. The van der Waals surface area contributed by atoms with Crippen molar-refractivity contribution in [1.82, 2.24) is 4.98 Å². The number of nitrogens with zero attached hydrogens (tertiary/aromatic N) is 2. The molecule has 0 aliphatic heterocycles. The van der Waals surface area contributed by atoms with Gasteiger partial charge in [-0.05, 0) is 31.4 Å². The van der Waals surface area contributed by atoms with Crippen molar-refractivity contribution in [2.24, 2.45) is 0 Å². The molecule has 0 spiro atoms. The van der Waals surface area contributed by atoms with Gasteiger partial charge in [-0.25, -0.2) is 4.98 Å². The standard InChI is InChI=1S/C15H24N2O2/c1-12-13(11-19)7-8-15(16-12)17(9-10-18)14-5-3-2-4-6-14/h7-8,14,18-19H,2-6,9-11H2,1H3. The fraction of sp³-hybridized carbons (Fsp3) is 0.667. The molecule has 0 amide bonds. The first-order valence-corrected chi connectivity index (χ1v) is 7.21. The van der Waals surface area contributed by atoms with Gasteiger partial charge in [0.05, 0.1) is 13.2 Å². The molecule has 2 rings (SSSR count). The molecule has 1 aromatic rings. The second-order valence-electron chi connectivity index (χ2n) is 5.28. The summed E-state index contributed by atoms with van der Waals surface area (Å²) in [6, 6.07) is 4.39. The van der Waals surface area contributed by atoms with E-state index in [1.165, 1.54) is 32.1 Å². The predicted octanol–water partition coefficient (Wildman–Crippen LogP) is 2.01. The van der Waals surface area contributed by atoms with Crippen molar-refractivity contribution < 1.29 is 10.2 Å². The van der Waals surface area contributed by atoms with Crippen LogP contribution in [0.1, 0.15) is 43.4 Å². The van der Waals surface area contributed by atoms with Crippen LogP contribution in [-0.4, -0.2) is 34.4 Å². The fourth-order valence-corrected chi connectivity index (χ4v) is 2.89. The average Bonchev–Trinajstić information content (AvgIpc) is 2.45. The number of aliphatic hydroxyl groups excluding tert-OH is 2. The van der Waals surface area contributed by atoms with Crippen LogP contribution in [0.4, 0.5) is 5.82 Å². The topological polar surface area (TPSA) is 56.6 Å².